The molecule has 0 rings (SSSR count). The van der Waals surface area contributed by atoms with E-state index in [1.165, 1.54) is 0 Å². The Labute approximate surface area is 51.4 Å². The van der Waals surface area contributed by atoms with Crippen LogP contribution in [0.5, 0.6) is 0 Å². The van der Waals surface area contributed by atoms with Gasteiger partial charge in [0.1, 0.15) is 0 Å². The fourth-order valence-corrected chi connectivity index (χ4v) is 0.169. The molecule has 0 aromatic carbocycles. The van der Waals surface area contributed by atoms with Crippen molar-refractivity contribution in [2.24, 2.45) is 0 Å². The van der Waals surface area contributed by atoms with E-state index in [1.54, 1.807) is 0 Å². The molecule has 0 radical (unpaired) electrons. The van der Waals surface area contributed by atoms with Crippen LogP contribution in [-0.4, -0.2) is 23.7 Å². The molecule has 0 fully saturated rings. The number of hydrogen-bond donors (Lipinski definition) is 1. The topological polar surface area (TPSA) is 63.6 Å². The molecule has 4 heteroatoms. The summed E-state index contributed by atoms with van der Waals surface area (Å²) < 4.78 is 3.98. The van der Waals surface area contributed by atoms with Crippen LogP contribution in [0.3, 0.4) is 0 Å². The highest BCUT2D eigenvalue weighted by molar-refractivity contribution is 6.28. The summed E-state index contributed by atoms with van der Waals surface area (Å²) in [6, 6.07) is 0. The minimum Gasteiger partial charge on any atom is -0.473 e. The lowest BCUT2D eigenvalue weighted by atomic mass is 10.7. The van der Waals surface area contributed by atoms with Crippen molar-refractivity contribution in [3.63, 3.8) is 0 Å². The summed E-state index contributed by atoms with van der Waals surface area (Å²) in [5.74, 6) is -1.01. The van der Waals surface area contributed by atoms with Crippen molar-refractivity contribution in [2.45, 2.75) is 0 Å². The second-order valence-electron chi connectivity index (χ2n) is 1.09. The lowest BCUT2D eigenvalue weighted by Crippen LogP contribution is -2.16. The third kappa shape index (κ3) is 3.12. The number of carboxylic acid groups (broad SMARTS) is 1. The van der Waals surface area contributed by atoms with Crippen molar-refractivity contribution < 1.29 is 19.4 Å². The summed E-state index contributed by atoms with van der Waals surface area (Å²) in [4.78, 5) is 19.6. The molecule has 48 valence electrons. The van der Waals surface area contributed by atoms with E-state index in [9.17, 15) is 9.59 Å². The number of carbonyl (C=O) groups is 2. The monoisotopic (exact) mass is 128 g/mol. The molecule has 0 saturated carbocycles. The molecule has 0 aliphatic heterocycles. The third-order valence-corrected chi connectivity index (χ3v) is 0.461. The molecule has 0 amide bonds. The van der Waals surface area contributed by atoms with Crippen LogP contribution in [0.15, 0.2) is 0 Å². The summed E-state index contributed by atoms with van der Waals surface area (Å²) in [7, 11) is 0. The summed E-state index contributed by atoms with van der Waals surface area (Å²) in [6.07, 6.45) is 4.66. The average Bonchev–Trinajstić information content (AvgIpc) is 1.82. The molecule has 0 heterocycles. The van der Waals surface area contributed by atoms with Crippen LogP contribution < -0.4 is 0 Å². The van der Waals surface area contributed by atoms with Crippen LogP contribution >= 0.6 is 0 Å². The molecule has 0 aromatic rings. The van der Waals surface area contributed by atoms with Crippen LogP contribution in [-0.2, 0) is 14.3 Å². The first-order chi connectivity index (χ1) is 4.18. The van der Waals surface area contributed by atoms with Crippen molar-refractivity contribution in [3.05, 3.63) is 0 Å². The van der Waals surface area contributed by atoms with E-state index in [0.717, 1.165) is 0 Å². The van der Waals surface area contributed by atoms with E-state index < -0.39 is 11.9 Å². The Hall–Kier alpha value is -1.50. The number of hydrogen-bond acceptors (Lipinski definition) is 3. The van der Waals surface area contributed by atoms with Crippen LogP contribution in [0.1, 0.15) is 0 Å². The van der Waals surface area contributed by atoms with Gasteiger partial charge in [-0.2, -0.15) is 0 Å². The van der Waals surface area contributed by atoms with Gasteiger partial charge in [0, 0.05) is 0 Å². The fourth-order valence-electron chi connectivity index (χ4n) is 0.169. The molecule has 0 saturated heterocycles. The van der Waals surface area contributed by atoms with Crippen molar-refractivity contribution in [3.8, 4) is 12.3 Å². The zero-order valence-corrected chi connectivity index (χ0v) is 4.46. The Morgan fingerprint density at radius 2 is 2.22 bits per heavy atom. The molecule has 4 nitrogen and oxygen atoms in total. The van der Waals surface area contributed by atoms with Gasteiger partial charge in [-0.05, 0) is 0 Å². The minimum absolute atomic E-state index is 0.300. The average molecular weight is 128 g/mol. The van der Waals surface area contributed by atoms with Gasteiger partial charge in [-0.25, -0.2) is 9.59 Å². The Morgan fingerprint density at radius 1 is 1.67 bits per heavy atom. The largest absolute Gasteiger partial charge is 0.473 e. The lowest BCUT2D eigenvalue weighted by molar-refractivity contribution is -0.162. The maximum atomic E-state index is 9.98. The first kappa shape index (κ1) is 7.50. The van der Waals surface area contributed by atoms with E-state index in [2.05, 4.69) is 11.2 Å². The van der Waals surface area contributed by atoms with Crippen LogP contribution in [0, 0.1) is 12.3 Å². The lowest BCUT2D eigenvalue weighted by Gasteiger charge is -1.91. The van der Waals surface area contributed by atoms with Crippen molar-refractivity contribution in [1.82, 2.24) is 0 Å². The van der Waals surface area contributed by atoms with Gasteiger partial charge in [0.25, 0.3) is 0 Å². The highest BCUT2D eigenvalue weighted by Gasteiger charge is 2.10. The van der Waals surface area contributed by atoms with E-state index in [0.29, 0.717) is 0 Å². The normalized spacial score (nSPS) is 7.44. The van der Waals surface area contributed by atoms with E-state index >= 15 is 0 Å². The van der Waals surface area contributed by atoms with Crippen molar-refractivity contribution in [2.75, 3.05) is 6.61 Å². The van der Waals surface area contributed by atoms with E-state index in [-0.39, 0.29) is 6.61 Å². The number of rotatable bonds is 1. The molecule has 0 atom stereocenters. The number of aliphatic carboxylic acids is 1. The van der Waals surface area contributed by atoms with Gasteiger partial charge in [-0.3, -0.25) is 0 Å². The van der Waals surface area contributed by atoms with Gasteiger partial charge in [-0.1, -0.05) is 5.92 Å². The Bertz CT molecular complexity index is 164. The predicted molar refractivity (Wildman–Crippen MR) is 27.4 cm³/mol. The number of carbonyl (C=O) groups excluding carboxylic acids is 1. The fraction of sp³-hybridized carbons (Fsp3) is 0.200. The zero-order valence-electron chi connectivity index (χ0n) is 4.46. The highest BCUT2D eigenvalue weighted by Crippen LogP contribution is 1.74. The first-order valence-electron chi connectivity index (χ1n) is 2.02. The number of terminal acetylenes is 1. The summed E-state index contributed by atoms with van der Waals surface area (Å²) in [5, 5.41) is 7.87. The molecule has 0 unspecified atom stereocenters. The maximum Gasteiger partial charge on any atom is 0.418 e. The van der Waals surface area contributed by atoms with Gasteiger partial charge >= 0.3 is 11.9 Å². The Balaban J connectivity index is 3.55. The van der Waals surface area contributed by atoms with Crippen molar-refractivity contribution in [1.29, 1.82) is 0 Å². The molecular formula is C5H4O4. The number of carboxylic acids is 1. The van der Waals surface area contributed by atoms with Gasteiger partial charge in [-0.15, -0.1) is 6.42 Å². The number of ether oxygens (including phenoxy) is 1. The van der Waals surface area contributed by atoms with Crippen molar-refractivity contribution >= 4 is 11.9 Å². The third-order valence-electron chi connectivity index (χ3n) is 0.461. The molecule has 0 aliphatic carbocycles. The van der Waals surface area contributed by atoms with Gasteiger partial charge in [0.15, 0.2) is 6.61 Å². The zero-order chi connectivity index (χ0) is 7.28. The Morgan fingerprint density at radius 3 is 2.56 bits per heavy atom. The molecule has 0 aromatic heterocycles. The summed E-state index contributed by atoms with van der Waals surface area (Å²) in [5.41, 5.74) is 0. The van der Waals surface area contributed by atoms with Gasteiger partial charge < -0.3 is 9.84 Å². The van der Waals surface area contributed by atoms with Crippen LogP contribution in [0.2, 0.25) is 0 Å². The van der Waals surface area contributed by atoms with Crippen LogP contribution in [0.4, 0.5) is 0 Å². The highest BCUT2D eigenvalue weighted by atomic mass is 16.6. The SMILES string of the molecule is C#CCOC(=O)C(=O)O. The van der Waals surface area contributed by atoms with Gasteiger partial charge in [0.2, 0.25) is 0 Å². The number of esters is 1. The van der Waals surface area contributed by atoms with Crippen LogP contribution in [0.25, 0.3) is 0 Å². The first-order valence-corrected chi connectivity index (χ1v) is 2.02. The molecule has 0 aliphatic rings. The molecule has 0 bridgehead atoms. The van der Waals surface area contributed by atoms with E-state index in [4.69, 9.17) is 5.11 Å². The second-order valence-corrected chi connectivity index (χ2v) is 1.09. The standard InChI is InChI=1S/C5H4O4/c1-2-3-9-5(8)4(6)7/h1H,3H2,(H,6,7). The predicted octanol–water partition coefficient (Wildman–Crippen LogP) is -0.753. The minimum atomic E-state index is -1.63. The maximum absolute atomic E-state index is 9.98. The molecule has 9 heavy (non-hydrogen) atoms. The molecule has 1 N–H and O–H groups in total. The molecule has 0 spiro atoms. The quantitative estimate of drug-likeness (QED) is 0.286. The molecular weight excluding hydrogens is 124 g/mol. The summed E-state index contributed by atoms with van der Waals surface area (Å²) in [6.45, 7) is -0.300. The summed E-state index contributed by atoms with van der Waals surface area (Å²) >= 11 is 0. The second kappa shape index (κ2) is 3.50. The van der Waals surface area contributed by atoms with E-state index in [1.807, 2.05) is 5.92 Å². The Kier molecular flexibility index (Phi) is 2.91. The van der Waals surface area contributed by atoms with Gasteiger partial charge in [0.05, 0.1) is 0 Å². The smallest absolute Gasteiger partial charge is 0.418 e.